The molecule has 1 rings (SSSR count). The number of hydrazine groups is 1. The molecule has 2 heteroatoms. The lowest BCUT2D eigenvalue weighted by Crippen LogP contribution is -2.19. The molecule has 0 amide bonds. The van der Waals surface area contributed by atoms with E-state index in [0.29, 0.717) is 0 Å². The fourth-order valence-corrected chi connectivity index (χ4v) is 0.255. The van der Waals surface area contributed by atoms with Crippen molar-refractivity contribution in [2.24, 2.45) is 0 Å². The van der Waals surface area contributed by atoms with E-state index in [4.69, 9.17) is 0 Å². The molecule has 0 fully saturated rings. The van der Waals surface area contributed by atoms with E-state index in [0.717, 1.165) is 6.54 Å². The SMILES string of the molecule is [C+]1=CCNN1. The first-order valence-electron chi connectivity index (χ1n) is 1.55. The summed E-state index contributed by atoms with van der Waals surface area (Å²) >= 11 is 0. The van der Waals surface area contributed by atoms with E-state index in [1.807, 2.05) is 6.08 Å². The first kappa shape index (κ1) is 2.64. The summed E-state index contributed by atoms with van der Waals surface area (Å²) in [4.78, 5) is 0. The largest absolute Gasteiger partial charge is 0.380 e. The van der Waals surface area contributed by atoms with E-state index in [2.05, 4.69) is 17.1 Å². The Labute approximate surface area is 30.8 Å². The summed E-state index contributed by atoms with van der Waals surface area (Å²) in [5.41, 5.74) is 5.47. The highest BCUT2D eigenvalue weighted by molar-refractivity contribution is 4.78. The standard InChI is InChI=1S/C3H5N2/c1-2-4-5-3-1/h1,4-5H,2H2/q+1. The van der Waals surface area contributed by atoms with Crippen molar-refractivity contribution >= 4 is 0 Å². The Morgan fingerprint density at radius 2 is 2.80 bits per heavy atom. The van der Waals surface area contributed by atoms with Crippen LogP contribution in [0.1, 0.15) is 0 Å². The van der Waals surface area contributed by atoms with Gasteiger partial charge < -0.3 is 0 Å². The summed E-state index contributed by atoms with van der Waals surface area (Å²) in [6.45, 7) is 0.903. The molecular weight excluding hydrogens is 64.0 g/mol. The summed E-state index contributed by atoms with van der Waals surface area (Å²) in [7, 11) is 0. The summed E-state index contributed by atoms with van der Waals surface area (Å²) in [5.74, 6) is 0. The van der Waals surface area contributed by atoms with Gasteiger partial charge in [0.05, 0.1) is 6.54 Å². The second-order valence-corrected chi connectivity index (χ2v) is 0.854. The Kier molecular flexibility index (Phi) is 0.537. The maximum atomic E-state index is 2.81. The van der Waals surface area contributed by atoms with Crippen LogP contribution in [0.25, 0.3) is 0 Å². The fourth-order valence-electron chi connectivity index (χ4n) is 0.255. The lowest BCUT2D eigenvalue weighted by atomic mass is 10.7. The van der Waals surface area contributed by atoms with Crippen molar-refractivity contribution in [1.29, 1.82) is 0 Å². The Balaban J connectivity index is 2.32. The van der Waals surface area contributed by atoms with Crippen LogP contribution in [-0.4, -0.2) is 6.54 Å². The highest BCUT2D eigenvalue weighted by Gasteiger charge is 1.96. The van der Waals surface area contributed by atoms with Gasteiger partial charge in [-0.1, -0.05) is 0 Å². The van der Waals surface area contributed by atoms with E-state index >= 15 is 0 Å². The molecule has 0 saturated heterocycles. The predicted molar refractivity (Wildman–Crippen MR) is 19.0 cm³/mol. The van der Waals surface area contributed by atoms with E-state index < -0.39 is 0 Å². The summed E-state index contributed by atoms with van der Waals surface area (Å²) in [6, 6.07) is 0. The van der Waals surface area contributed by atoms with Crippen LogP contribution < -0.4 is 10.9 Å². The molecule has 2 nitrogen and oxygen atoms in total. The lowest BCUT2D eigenvalue weighted by Gasteiger charge is -1.70. The lowest BCUT2D eigenvalue weighted by molar-refractivity contribution is 0.716. The van der Waals surface area contributed by atoms with Crippen molar-refractivity contribution < 1.29 is 0 Å². The minimum Gasteiger partial charge on any atom is -0.186 e. The Bertz CT molecular complexity index is 42.9. The van der Waals surface area contributed by atoms with Crippen LogP contribution in [0.5, 0.6) is 0 Å². The second kappa shape index (κ2) is 1.02. The van der Waals surface area contributed by atoms with Crippen LogP contribution in [0.15, 0.2) is 6.08 Å². The number of hydrogen-bond donors (Lipinski definition) is 2. The van der Waals surface area contributed by atoms with E-state index in [-0.39, 0.29) is 0 Å². The Morgan fingerprint density at radius 3 is 3.00 bits per heavy atom. The maximum absolute atomic E-state index is 2.81. The van der Waals surface area contributed by atoms with Crippen LogP contribution in [0.3, 0.4) is 0 Å². The molecule has 1 aliphatic rings. The number of nitrogens with one attached hydrogen (secondary N) is 2. The van der Waals surface area contributed by atoms with Crippen LogP contribution in [-0.2, 0) is 0 Å². The Hall–Kier alpha value is -0.590. The Morgan fingerprint density at radius 1 is 1.80 bits per heavy atom. The van der Waals surface area contributed by atoms with Crippen LogP contribution in [0.4, 0.5) is 0 Å². The molecule has 0 aromatic rings. The third-order valence-electron chi connectivity index (χ3n) is 0.467. The van der Waals surface area contributed by atoms with E-state index in [1.54, 1.807) is 0 Å². The van der Waals surface area contributed by atoms with Gasteiger partial charge in [-0.05, 0) is 0 Å². The molecule has 1 heterocycles. The topological polar surface area (TPSA) is 24.1 Å². The van der Waals surface area contributed by atoms with Crippen LogP contribution in [0.2, 0.25) is 0 Å². The second-order valence-electron chi connectivity index (χ2n) is 0.854. The molecule has 2 N–H and O–H groups in total. The van der Waals surface area contributed by atoms with Gasteiger partial charge in [0.25, 0.3) is 0 Å². The molecular formula is C3H5N2+. The first-order chi connectivity index (χ1) is 2.50. The van der Waals surface area contributed by atoms with Crippen molar-refractivity contribution in [3.8, 4) is 0 Å². The zero-order valence-electron chi connectivity index (χ0n) is 2.78. The molecule has 0 saturated carbocycles. The van der Waals surface area contributed by atoms with Crippen molar-refractivity contribution in [2.75, 3.05) is 6.54 Å². The minimum absolute atomic E-state index is 0.903. The smallest absolute Gasteiger partial charge is 0.186 e. The predicted octanol–water partition coefficient (Wildman–Crippen LogP) is -0.589. The van der Waals surface area contributed by atoms with Gasteiger partial charge in [-0.2, -0.15) is 5.43 Å². The van der Waals surface area contributed by atoms with Crippen LogP contribution >= 0.6 is 0 Å². The molecule has 1 aliphatic heterocycles. The van der Waals surface area contributed by atoms with Crippen molar-refractivity contribution in [2.45, 2.75) is 0 Å². The van der Waals surface area contributed by atoms with Crippen molar-refractivity contribution in [3.05, 3.63) is 12.3 Å². The molecule has 0 bridgehead atoms. The maximum Gasteiger partial charge on any atom is 0.380 e. The average molecular weight is 69.1 g/mol. The highest BCUT2D eigenvalue weighted by Crippen LogP contribution is 1.65. The quantitative estimate of drug-likeness (QED) is 0.371. The molecule has 0 unspecified atom stereocenters. The summed E-state index contributed by atoms with van der Waals surface area (Å²) in [6.07, 6.45) is 4.62. The summed E-state index contributed by atoms with van der Waals surface area (Å²) < 4.78 is 0. The van der Waals surface area contributed by atoms with E-state index in [1.165, 1.54) is 0 Å². The minimum atomic E-state index is 0.903. The van der Waals surface area contributed by atoms with E-state index in [9.17, 15) is 0 Å². The molecule has 0 aromatic heterocycles. The molecule has 0 spiro atoms. The molecule has 5 heavy (non-hydrogen) atoms. The van der Waals surface area contributed by atoms with Gasteiger partial charge in [0.15, 0.2) is 0 Å². The van der Waals surface area contributed by atoms with Gasteiger partial charge in [-0.25, -0.2) is 0 Å². The first-order valence-corrected chi connectivity index (χ1v) is 1.55. The number of hydrogen-bond acceptors (Lipinski definition) is 2. The van der Waals surface area contributed by atoms with Crippen molar-refractivity contribution in [3.63, 3.8) is 0 Å². The third kappa shape index (κ3) is 0.349. The molecule has 0 aromatic carbocycles. The normalized spacial score (nSPS) is 17.6. The van der Waals surface area contributed by atoms with Crippen LogP contribution in [0, 0.1) is 6.20 Å². The van der Waals surface area contributed by atoms with Gasteiger partial charge in [0.1, 0.15) is 0 Å². The third-order valence-corrected chi connectivity index (χ3v) is 0.467. The fraction of sp³-hybridized carbons (Fsp3) is 0.333. The van der Waals surface area contributed by atoms with Gasteiger partial charge in [-0.3, -0.25) is 0 Å². The highest BCUT2D eigenvalue weighted by atomic mass is 15.4. The number of rotatable bonds is 0. The molecule has 0 atom stereocenters. The summed E-state index contributed by atoms with van der Waals surface area (Å²) in [5, 5.41) is 0. The zero-order valence-corrected chi connectivity index (χ0v) is 2.78. The van der Waals surface area contributed by atoms with Gasteiger partial charge in [-0.15, -0.1) is 5.43 Å². The van der Waals surface area contributed by atoms with Gasteiger partial charge >= 0.3 is 6.20 Å². The average Bonchev–Trinajstić information content (AvgIpc) is 1.76. The molecule has 0 aliphatic carbocycles. The van der Waals surface area contributed by atoms with Gasteiger partial charge in [0.2, 0.25) is 6.08 Å². The molecule has 26 valence electrons. The van der Waals surface area contributed by atoms with Gasteiger partial charge in [0, 0.05) is 0 Å². The van der Waals surface area contributed by atoms with Crippen molar-refractivity contribution in [1.82, 2.24) is 10.9 Å². The monoisotopic (exact) mass is 69.0 g/mol. The molecule has 0 radical (unpaired) electrons. The zero-order chi connectivity index (χ0) is 3.54.